The summed E-state index contributed by atoms with van der Waals surface area (Å²) in [6.07, 6.45) is 3.01. The molecule has 1 N–H and O–H groups in total. The molecule has 3 rings (SSSR count). The molecule has 0 spiro atoms. The van der Waals surface area contributed by atoms with Crippen molar-refractivity contribution in [1.29, 1.82) is 0 Å². The van der Waals surface area contributed by atoms with E-state index in [1.807, 2.05) is 12.1 Å². The van der Waals surface area contributed by atoms with Gasteiger partial charge >= 0.3 is 5.97 Å². The fourth-order valence-electron chi connectivity index (χ4n) is 2.68. The highest BCUT2D eigenvalue weighted by Crippen LogP contribution is 2.35. The second-order valence-corrected chi connectivity index (χ2v) is 6.45. The monoisotopic (exact) mass is 384 g/mol. The van der Waals surface area contributed by atoms with E-state index in [9.17, 15) is 9.90 Å². The number of aromatic carboxylic acids is 1. The molecule has 1 aliphatic heterocycles. The predicted octanol–water partition coefficient (Wildman–Crippen LogP) is 4.02. The minimum absolute atomic E-state index is 0.122. The van der Waals surface area contributed by atoms with E-state index < -0.39 is 5.97 Å². The molecule has 116 valence electrons. The van der Waals surface area contributed by atoms with E-state index in [0.29, 0.717) is 29.5 Å². The van der Waals surface area contributed by atoms with Crippen molar-refractivity contribution >= 4 is 33.5 Å². The van der Waals surface area contributed by atoms with Gasteiger partial charge in [-0.25, -0.2) is 4.79 Å². The van der Waals surface area contributed by atoms with Crippen LogP contribution in [-0.4, -0.2) is 34.1 Å². The zero-order chi connectivity index (χ0) is 15.7. The van der Waals surface area contributed by atoms with Gasteiger partial charge in [-0.3, -0.25) is 4.68 Å². The smallest absolute Gasteiger partial charge is 0.339 e. The van der Waals surface area contributed by atoms with Crippen molar-refractivity contribution in [2.75, 3.05) is 13.2 Å². The highest BCUT2D eigenvalue weighted by molar-refractivity contribution is 9.10. The Morgan fingerprint density at radius 2 is 2.14 bits per heavy atom. The van der Waals surface area contributed by atoms with Gasteiger partial charge in [0.25, 0.3) is 0 Å². The number of carbonyl (C=O) groups is 1. The third-order valence-electron chi connectivity index (χ3n) is 3.75. The first-order valence-corrected chi connectivity index (χ1v) is 8.09. The second kappa shape index (κ2) is 6.40. The van der Waals surface area contributed by atoms with Gasteiger partial charge in [0.2, 0.25) is 0 Å². The molecule has 1 saturated heterocycles. The van der Waals surface area contributed by atoms with Gasteiger partial charge in [0, 0.05) is 23.2 Å². The van der Waals surface area contributed by atoms with Crippen molar-refractivity contribution in [2.45, 2.75) is 18.9 Å². The minimum atomic E-state index is -1.01. The summed E-state index contributed by atoms with van der Waals surface area (Å²) >= 11 is 9.68. The Labute approximate surface area is 141 Å². The lowest BCUT2D eigenvalue weighted by Gasteiger charge is -2.24. The van der Waals surface area contributed by atoms with Crippen LogP contribution in [-0.2, 0) is 4.74 Å². The Morgan fingerprint density at radius 3 is 2.77 bits per heavy atom. The minimum Gasteiger partial charge on any atom is -0.478 e. The normalized spacial score (nSPS) is 15.9. The summed E-state index contributed by atoms with van der Waals surface area (Å²) < 4.78 is 7.99. The van der Waals surface area contributed by atoms with Crippen LogP contribution in [0.2, 0.25) is 5.02 Å². The molecule has 2 heterocycles. The summed E-state index contributed by atoms with van der Waals surface area (Å²) in [4.78, 5) is 11.5. The van der Waals surface area contributed by atoms with Crippen molar-refractivity contribution in [3.63, 3.8) is 0 Å². The molecule has 0 bridgehead atoms. The van der Waals surface area contributed by atoms with Gasteiger partial charge < -0.3 is 9.84 Å². The summed E-state index contributed by atoms with van der Waals surface area (Å²) in [5.41, 5.74) is 1.39. The van der Waals surface area contributed by atoms with Gasteiger partial charge in [-0.15, -0.1) is 0 Å². The Hall–Kier alpha value is -1.37. The molecule has 1 fully saturated rings. The average Bonchev–Trinajstić information content (AvgIpc) is 2.93. The molecule has 0 saturated carbocycles. The molecule has 0 atom stereocenters. The predicted molar refractivity (Wildman–Crippen MR) is 86.4 cm³/mol. The van der Waals surface area contributed by atoms with Gasteiger partial charge in [-0.1, -0.05) is 33.6 Å². The molecule has 0 radical (unpaired) electrons. The zero-order valence-electron chi connectivity index (χ0n) is 11.6. The van der Waals surface area contributed by atoms with Crippen molar-refractivity contribution in [2.24, 2.45) is 0 Å². The Morgan fingerprint density at radius 1 is 1.41 bits per heavy atom. The van der Waals surface area contributed by atoms with Gasteiger partial charge in [-0.2, -0.15) is 5.10 Å². The Bertz CT molecular complexity index is 711. The Balaban J connectivity index is 2.14. The van der Waals surface area contributed by atoms with E-state index >= 15 is 0 Å². The first-order chi connectivity index (χ1) is 10.6. The van der Waals surface area contributed by atoms with Crippen LogP contribution in [0.4, 0.5) is 0 Å². The van der Waals surface area contributed by atoms with Crippen LogP contribution in [0, 0.1) is 0 Å². The lowest BCUT2D eigenvalue weighted by Crippen LogP contribution is -2.21. The quantitative estimate of drug-likeness (QED) is 0.867. The van der Waals surface area contributed by atoms with Crippen molar-refractivity contribution < 1.29 is 14.6 Å². The van der Waals surface area contributed by atoms with Crippen molar-refractivity contribution in [3.8, 4) is 11.3 Å². The topological polar surface area (TPSA) is 64.3 Å². The van der Waals surface area contributed by atoms with Crippen molar-refractivity contribution in [3.05, 3.63) is 39.5 Å². The van der Waals surface area contributed by atoms with Crippen LogP contribution >= 0.6 is 27.5 Å². The largest absolute Gasteiger partial charge is 0.478 e. The Kier molecular flexibility index (Phi) is 4.52. The molecule has 0 unspecified atom stereocenters. The summed E-state index contributed by atoms with van der Waals surface area (Å²) in [6.45, 7) is 1.31. The lowest BCUT2D eigenvalue weighted by molar-refractivity contribution is 0.0665. The molecule has 7 heteroatoms. The molecule has 1 aromatic heterocycles. The third kappa shape index (κ3) is 2.91. The standard InChI is InChI=1S/C15H14BrClN2O3/c16-9-1-2-11(13(17)7-9)14-12(15(20)21)8-18-19(14)10-3-5-22-6-4-10/h1-2,7-8,10H,3-6H2,(H,20,21). The second-order valence-electron chi connectivity index (χ2n) is 5.12. The van der Waals surface area contributed by atoms with E-state index in [1.54, 1.807) is 10.7 Å². The van der Waals surface area contributed by atoms with Crippen LogP contribution < -0.4 is 0 Å². The number of hydrogen-bond acceptors (Lipinski definition) is 3. The lowest BCUT2D eigenvalue weighted by atomic mass is 10.0. The van der Waals surface area contributed by atoms with Gasteiger partial charge in [-0.05, 0) is 25.0 Å². The molecular weight excluding hydrogens is 372 g/mol. The first kappa shape index (κ1) is 15.5. The zero-order valence-corrected chi connectivity index (χ0v) is 14.0. The van der Waals surface area contributed by atoms with Crippen LogP contribution in [0.15, 0.2) is 28.9 Å². The third-order valence-corrected chi connectivity index (χ3v) is 4.55. The fraction of sp³-hybridized carbons (Fsp3) is 0.333. The molecular formula is C15H14BrClN2O3. The number of nitrogens with zero attached hydrogens (tertiary/aromatic N) is 2. The van der Waals surface area contributed by atoms with Gasteiger partial charge in [0.1, 0.15) is 5.56 Å². The average molecular weight is 386 g/mol. The number of carboxylic acids is 1. The van der Waals surface area contributed by atoms with E-state index in [4.69, 9.17) is 16.3 Å². The van der Waals surface area contributed by atoms with Crippen LogP contribution in [0.5, 0.6) is 0 Å². The highest BCUT2D eigenvalue weighted by Gasteiger charge is 2.26. The summed E-state index contributed by atoms with van der Waals surface area (Å²) in [7, 11) is 0. The maximum atomic E-state index is 11.5. The maximum Gasteiger partial charge on any atom is 0.339 e. The summed E-state index contributed by atoms with van der Waals surface area (Å²) in [5, 5.41) is 14.3. The van der Waals surface area contributed by atoms with E-state index in [2.05, 4.69) is 21.0 Å². The van der Waals surface area contributed by atoms with Crippen LogP contribution in [0.1, 0.15) is 29.2 Å². The molecule has 2 aromatic rings. The molecule has 1 aliphatic rings. The molecule has 0 amide bonds. The number of rotatable bonds is 3. The molecule has 5 nitrogen and oxygen atoms in total. The van der Waals surface area contributed by atoms with E-state index in [0.717, 1.165) is 17.3 Å². The number of halogens is 2. The summed E-state index contributed by atoms with van der Waals surface area (Å²) in [5.74, 6) is -1.01. The van der Waals surface area contributed by atoms with Crippen molar-refractivity contribution in [1.82, 2.24) is 9.78 Å². The maximum absolute atomic E-state index is 11.5. The van der Waals surface area contributed by atoms with E-state index in [1.165, 1.54) is 6.20 Å². The highest BCUT2D eigenvalue weighted by atomic mass is 79.9. The fourth-order valence-corrected chi connectivity index (χ4v) is 3.44. The number of hydrogen-bond donors (Lipinski definition) is 1. The van der Waals surface area contributed by atoms with Gasteiger partial charge in [0.05, 0.1) is 23.0 Å². The SMILES string of the molecule is O=C(O)c1cnn(C2CCOCC2)c1-c1ccc(Br)cc1Cl. The summed E-state index contributed by atoms with van der Waals surface area (Å²) in [6, 6.07) is 5.53. The van der Waals surface area contributed by atoms with E-state index in [-0.39, 0.29) is 11.6 Å². The molecule has 22 heavy (non-hydrogen) atoms. The van der Waals surface area contributed by atoms with Gasteiger partial charge in [0.15, 0.2) is 0 Å². The number of benzene rings is 1. The number of aromatic nitrogens is 2. The van der Waals surface area contributed by atoms with Crippen LogP contribution in [0.25, 0.3) is 11.3 Å². The van der Waals surface area contributed by atoms with Crippen LogP contribution in [0.3, 0.4) is 0 Å². The first-order valence-electron chi connectivity index (χ1n) is 6.92. The molecule has 0 aliphatic carbocycles. The number of ether oxygens (including phenoxy) is 1. The molecule has 1 aromatic carbocycles. The number of carboxylic acid groups (broad SMARTS) is 1.